The molecule has 1 amide bonds. The fraction of sp³-hybridized carbons (Fsp3) is 0.0667. The van der Waals surface area contributed by atoms with Gasteiger partial charge in [0.25, 0.3) is 5.91 Å². The number of hydrazone groups is 1. The number of rotatable bonds is 4. The maximum Gasteiger partial charge on any atom is 0.271 e. The van der Waals surface area contributed by atoms with Crippen molar-refractivity contribution < 1.29 is 24.9 Å². The van der Waals surface area contributed by atoms with Crippen LogP contribution in [0.5, 0.6) is 23.0 Å². The van der Waals surface area contributed by atoms with E-state index in [1.807, 2.05) is 0 Å². The van der Waals surface area contributed by atoms with Crippen LogP contribution in [-0.4, -0.2) is 34.6 Å². The normalized spacial score (nSPS) is 10.6. The number of ether oxygens (including phenoxy) is 1. The molecule has 0 spiro atoms. The maximum atomic E-state index is 11.8. The Morgan fingerprint density at radius 2 is 1.82 bits per heavy atom. The number of nitrogens with zero attached hydrogens (tertiary/aromatic N) is 1. The first-order chi connectivity index (χ1) is 10.5. The monoisotopic (exact) mass is 302 g/mol. The molecule has 0 aliphatic carbocycles. The van der Waals surface area contributed by atoms with Gasteiger partial charge in [-0.3, -0.25) is 4.79 Å². The summed E-state index contributed by atoms with van der Waals surface area (Å²) in [7, 11) is 1.44. The lowest BCUT2D eigenvalue weighted by atomic mass is 10.2. The first-order valence-electron chi connectivity index (χ1n) is 6.23. The molecule has 0 saturated heterocycles. The van der Waals surface area contributed by atoms with Gasteiger partial charge < -0.3 is 20.1 Å². The van der Waals surface area contributed by atoms with Crippen LogP contribution in [0.25, 0.3) is 0 Å². The molecule has 2 aromatic rings. The van der Waals surface area contributed by atoms with E-state index in [1.165, 1.54) is 31.5 Å². The SMILES string of the molecule is COc1ccc(C=NNC(=O)c2cc(O)cc(O)c2)cc1O. The first kappa shape index (κ1) is 15.2. The first-order valence-corrected chi connectivity index (χ1v) is 6.23. The number of nitrogens with one attached hydrogen (secondary N) is 1. The zero-order valence-corrected chi connectivity index (χ0v) is 11.6. The van der Waals surface area contributed by atoms with Gasteiger partial charge in [-0.1, -0.05) is 0 Å². The Balaban J connectivity index is 2.05. The minimum atomic E-state index is -0.597. The molecule has 0 aliphatic rings. The summed E-state index contributed by atoms with van der Waals surface area (Å²) in [4.78, 5) is 11.8. The van der Waals surface area contributed by atoms with Crippen molar-refractivity contribution in [1.82, 2.24) is 5.43 Å². The predicted octanol–water partition coefficient (Wildman–Crippen LogP) is 1.58. The smallest absolute Gasteiger partial charge is 0.271 e. The van der Waals surface area contributed by atoms with Crippen LogP contribution >= 0.6 is 0 Å². The highest BCUT2D eigenvalue weighted by atomic mass is 16.5. The number of phenols is 3. The number of hydrogen-bond acceptors (Lipinski definition) is 6. The van der Waals surface area contributed by atoms with Crippen LogP contribution < -0.4 is 10.2 Å². The van der Waals surface area contributed by atoms with Crippen LogP contribution in [0, 0.1) is 0 Å². The van der Waals surface area contributed by atoms with Crippen LogP contribution in [0.1, 0.15) is 15.9 Å². The molecule has 7 heteroatoms. The van der Waals surface area contributed by atoms with Crippen molar-refractivity contribution in [2.24, 2.45) is 5.10 Å². The fourth-order valence-electron chi connectivity index (χ4n) is 1.74. The molecule has 0 bridgehead atoms. The summed E-state index contributed by atoms with van der Waals surface area (Å²) in [5.41, 5.74) is 2.86. The van der Waals surface area contributed by atoms with E-state index in [4.69, 9.17) is 4.74 Å². The van der Waals surface area contributed by atoms with Crippen LogP contribution in [0.3, 0.4) is 0 Å². The lowest BCUT2D eigenvalue weighted by Gasteiger charge is -2.04. The molecule has 0 heterocycles. The lowest BCUT2D eigenvalue weighted by molar-refractivity contribution is 0.0954. The van der Waals surface area contributed by atoms with Crippen LogP contribution in [0.4, 0.5) is 0 Å². The van der Waals surface area contributed by atoms with Gasteiger partial charge in [0.15, 0.2) is 11.5 Å². The van der Waals surface area contributed by atoms with Crippen molar-refractivity contribution >= 4 is 12.1 Å². The Hall–Kier alpha value is -3.22. The molecule has 0 saturated carbocycles. The molecule has 0 aromatic heterocycles. The van der Waals surface area contributed by atoms with Crippen molar-refractivity contribution in [3.63, 3.8) is 0 Å². The standard InChI is InChI=1S/C15H14N2O5/c1-22-14-3-2-9(4-13(14)20)8-16-17-15(21)10-5-11(18)7-12(19)6-10/h2-8,18-20H,1H3,(H,17,21). The zero-order chi connectivity index (χ0) is 16.1. The minimum absolute atomic E-state index is 0.0457. The highest BCUT2D eigenvalue weighted by Gasteiger charge is 2.07. The van der Waals surface area contributed by atoms with Gasteiger partial charge in [-0.2, -0.15) is 5.10 Å². The van der Waals surface area contributed by atoms with E-state index in [1.54, 1.807) is 12.1 Å². The molecule has 2 aromatic carbocycles. The van der Waals surface area contributed by atoms with E-state index in [9.17, 15) is 20.1 Å². The molecule has 0 radical (unpaired) electrons. The topological polar surface area (TPSA) is 111 Å². The lowest BCUT2D eigenvalue weighted by Crippen LogP contribution is -2.17. The van der Waals surface area contributed by atoms with Crippen molar-refractivity contribution in [2.75, 3.05) is 7.11 Å². The summed E-state index contributed by atoms with van der Waals surface area (Å²) in [5.74, 6) is -0.768. The van der Waals surface area contributed by atoms with Gasteiger partial charge in [0, 0.05) is 11.6 Å². The maximum absolute atomic E-state index is 11.8. The Morgan fingerprint density at radius 3 is 2.41 bits per heavy atom. The number of benzene rings is 2. The minimum Gasteiger partial charge on any atom is -0.508 e. The highest BCUT2D eigenvalue weighted by Crippen LogP contribution is 2.25. The molecular formula is C15H14N2O5. The largest absolute Gasteiger partial charge is 0.508 e. The molecule has 0 aliphatic heterocycles. The van der Waals surface area contributed by atoms with Gasteiger partial charge in [-0.15, -0.1) is 0 Å². The third kappa shape index (κ3) is 3.66. The van der Waals surface area contributed by atoms with E-state index in [-0.39, 0.29) is 22.8 Å². The van der Waals surface area contributed by atoms with Crippen molar-refractivity contribution in [1.29, 1.82) is 0 Å². The Morgan fingerprint density at radius 1 is 1.14 bits per heavy atom. The van der Waals surface area contributed by atoms with Gasteiger partial charge in [0.05, 0.1) is 13.3 Å². The number of carbonyl (C=O) groups excluding carboxylic acids is 1. The molecule has 22 heavy (non-hydrogen) atoms. The molecular weight excluding hydrogens is 288 g/mol. The summed E-state index contributed by atoms with van der Waals surface area (Å²) in [6.07, 6.45) is 1.33. The van der Waals surface area contributed by atoms with Crippen molar-refractivity contribution in [2.45, 2.75) is 0 Å². The Labute approximate surface area is 126 Å². The molecule has 0 atom stereocenters. The number of methoxy groups -OCH3 is 1. The van der Waals surface area contributed by atoms with Gasteiger partial charge in [0.1, 0.15) is 11.5 Å². The predicted molar refractivity (Wildman–Crippen MR) is 79.5 cm³/mol. The van der Waals surface area contributed by atoms with E-state index >= 15 is 0 Å². The van der Waals surface area contributed by atoms with Crippen molar-refractivity contribution in [3.8, 4) is 23.0 Å². The number of amides is 1. The van der Waals surface area contributed by atoms with Gasteiger partial charge in [-0.25, -0.2) is 5.43 Å². The number of phenolic OH excluding ortho intramolecular Hbond substituents is 3. The summed E-state index contributed by atoms with van der Waals surface area (Å²) < 4.78 is 4.91. The molecule has 4 N–H and O–H groups in total. The highest BCUT2D eigenvalue weighted by molar-refractivity contribution is 5.95. The second kappa shape index (κ2) is 6.49. The van der Waals surface area contributed by atoms with E-state index < -0.39 is 5.91 Å². The van der Waals surface area contributed by atoms with E-state index in [0.29, 0.717) is 11.3 Å². The molecule has 7 nitrogen and oxygen atoms in total. The quantitative estimate of drug-likeness (QED) is 0.506. The summed E-state index contributed by atoms with van der Waals surface area (Å²) >= 11 is 0. The average molecular weight is 302 g/mol. The second-order valence-corrected chi connectivity index (χ2v) is 4.37. The van der Waals surface area contributed by atoms with Crippen LogP contribution in [0.2, 0.25) is 0 Å². The average Bonchev–Trinajstić information content (AvgIpc) is 2.46. The number of hydrogen-bond donors (Lipinski definition) is 4. The van der Waals surface area contributed by atoms with Crippen LogP contribution in [-0.2, 0) is 0 Å². The zero-order valence-electron chi connectivity index (χ0n) is 11.6. The van der Waals surface area contributed by atoms with Gasteiger partial charge in [-0.05, 0) is 35.9 Å². The Bertz CT molecular complexity index is 708. The molecule has 114 valence electrons. The molecule has 2 rings (SSSR count). The van der Waals surface area contributed by atoms with Crippen LogP contribution in [0.15, 0.2) is 41.5 Å². The molecule has 0 fully saturated rings. The summed E-state index contributed by atoms with van der Waals surface area (Å²) in [6.45, 7) is 0. The third-order valence-corrected chi connectivity index (χ3v) is 2.75. The third-order valence-electron chi connectivity index (χ3n) is 2.75. The summed E-state index contributed by atoms with van der Waals surface area (Å²) in [6, 6.07) is 8.14. The number of carbonyl (C=O) groups is 1. The van der Waals surface area contributed by atoms with E-state index in [2.05, 4.69) is 10.5 Å². The van der Waals surface area contributed by atoms with Gasteiger partial charge in [0.2, 0.25) is 0 Å². The second-order valence-electron chi connectivity index (χ2n) is 4.37. The van der Waals surface area contributed by atoms with Crippen molar-refractivity contribution in [3.05, 3.63) is 47.5 Å². The van der Waals surface area contributed by atoms with Gasteiger partial charge >= 0.3 is 0 Å². The fourth-order valence-corrected chi connectivity index (χ4v) is 1.74. The Kier molecular flexibility index (Phi) is 4.47. The molecule has 0 unspecified atom stereocenters. The number of aromatic hydroxyl groups is 3. The summed E-state index contributed by atoms with van der Waals surface area (Å²) in [5, 5.41) is 32.0. The van der Waals surface area contributed by atoms with E-state index in [0.717, 1.165) is 6.07 Å².